The number of aromatic nitrogens is 1. The molecule has 4 aromatic rings. The van der Waals surface area contributed by atoms with Crippen molar-refractivity contribution in [3.63, 3.8) is 0 Å². The van der Waals surface area contributed by atoms with Crippen LogP contribution in [0.1, 0.15) is 22.3 Å². The maximum Gasteiger partial charge on any atom is 0.0716 e. The number of hydrogen-bond donors (Lipinski definition) is 1. The molecule has 4 heteroatoms. The summed E-state index contributed by atoms with van der Waals surface area (Å²) in [5.74, 6) is 0. The summed E-state index contributed by atoms with van der Waals surface area (Å²) in [5, 5.41) is 5.34. The largest absolute Gasteiger partial charge is 0.354 e. The average molecular weight is 405 g/mol. The molecule has 0 spiro atoms. The first kappa shape index (κ1) is 18.7. The summed E-state index contributed by atoms with van der Waals surface area (Å²) < 4.78 is 2.11. The minimum atomic E-state index is 0.648. The fraction of sp³-hybridized carbons (Fsp3) is 0.125. The third kappa shape index (κ3) is 3.44. The first-order valence-electron chi connectivity index (χ1n) is 9.16. The predicted octanol–water partition coefficient (Wildman–Crippen LogP) is 6.96. The van der Waals surface area contributed by atoms with Crippen LogP contribution in [0.3, 0.4) is 0 Å². The van der Waals surface area contributed by atoms with Crippen LogP contribution in [-0.4, -0.2) is 9.43 Å². The van der Waals surface area contributed by atoms with Gasteiger partial charge in [-0.2, -0.15) is 0 Å². The fourth-order valence-corrected chi connectivity index (χ4v) is 4.24. The molecule has 2 nitrogen and oxygen atoms in total. The van der Waals surface area contributed by atoms with E-state index < -0.39 is 0 Å². The number of aryl methyl sites for hydroxylation is 3. The molecule has 1 heterocycles. The lowest BCUT2D eigenvalue weighted by Gasteiger charge is -2.14. The SMILES string of the molecule is Cc1ccc(C)c(C(=S)c2ccc(Nc3cccc4ccn(C)c34)cc2Cl)c1. The number of thiocarbonyl (C=S) groups is 1. The third-order valence-corrected chi connectivity index (χ3v) is 5.78. The topological polar surface area (TPSA) is 17.0 Å². The summed E-state index contributed by atoms with van der Waals surface area (Å²) in [6.07, 6.45) is 2.06. The Balaban J connectivity index is 1.67. The summed E-state index contributed by atoms with van der Waals surface area (Å²) in [4.78, 5) is 0.780. The smallest absolute Gasteiger partial charge is 0.0716 e. The highest BCUT2D eigenvalue weighted by Gasteiger charge is 2.13. The molecular formula is C24H21ClN2S. The second-order valence-electron chi connectivity index (χ2n) is 7.14. The van der Waals surface area contributed by atoms with Crippen LogP contribution in [0.25, 0.3) is 10.9 Å². The summed E-state index contributed by atoms with van der Waals surface area (Å²) in [5.41, 5.74) is 7.43. The number of anilines is 2. The van der Waals surface area contributed by atoms with Gasteiger partial charge in [0.05, 0.1) is 21.1 Å². The molecule has 1 N–H and O–H groups in total. The number of nitrogens with zero attached hydrogens (tertiary/aromatic N) is 1. The minimum Gasteiger partial charge on any atom is -0.354 e. The average Bonchev–Trinajstić information content (AvgIpc) is 3.05. The molecule has 0 saturated carbocycles. The highest BCUT2D eigenvalue weighted by atomic mass is 35.5. The summed E-state index contributed by atoms with van der Waals surface area (Å²) >= 11 is 12.4. The molecule has 0 aliphatic carbocycles. The normalized spacial score (nSPS) is 11.0. The molecule has 0 amide bonds. The molecule has 4 rings (SSSR count). The molecule has 28 heavy (non-hydrogen) atoms. The number of para-hydroxylation sites is 1. The van der Waals surface area contributed by atoms with E-state index in [-0.39, 0.29) is 0 Å². The minimum absolute atomic E-state index is 0.648. The van der Waals surface area contributed by atoms with Gasteiger partial charge in [0, 0.05) is 29.9 Å². The van der Waals surface area contributed by atoms with Crippen molar-refractivity contribution >= 4 is 51.0 Å². The fourth-order valence-electron chi connectivity index (χ4n) is 3.52. The van der Waals surface area contributed by atoms with Crippen LogP contribution >= 0.6 is 23.8 Å². The molecule has 0 aliphatic rings. The number of fused-ring (bicyclic) bond motifs is 1. The van der Waals surface area contributed by atoms with Crippen molar-refractivity contribution in [2.75, 3.05) is 5.32 Å². The van der Waals surface area contributed by atoms with Crippen molar-refractivity contribution in [3.8, 4) is 0 Å². The van der Waals surface area contributed by atoms with Crippen LogP contribution in [0, 0.1) is 13.8 Å². The molecule has 0 radical (unpaired) electrons. The molecule has 0 atom stereocenters. The lowest BCUT2D eigenvalue weighted by Crippen LogP contribution is -2.04. The molecule has 0 bridgehead atoms. The molecule has 0 aliphatic heterocycles. The maximum absolute atomic E-state index is 6.63. The van der Waals surface area contributed by atoms with Gasteiger partial charge < -0.3 is 9.88 Å². The van der Waals surface area contributed by atoms with Crippen LogP contribution in [0.5, 0.6) is 0 Å². The van der Waals surface area contributed by atoms with E-state index in [4.69, 9.17) is 23.8 Å². The number of halogens is 1. The van der Waals surface area contributed by atoms with Crippen LogP contribution in [-0.2, 0) is 7.05 Å². The van der Waals surface area contributed by atoms with Gasteiger partial charge in [-0.05, 0) is 55.3 Å². The Morgan fingerprint density at radius 2 is 1.79 bits per heavy atom. The second-order valence-corrected chi connectivity index (χ2v) is 7.95. The van der Waals surface area contributed by atoms with Gasteiger partial charge in [-0.15, -0.1) is 0 Å². The van der Waals surface area contributed by atoms with Crippen molar-refractivity contribution in [3.05, 3.63) is 94.1 Å². The highest BCUT2D eigenvalue weighted by molar-refractivity contribution is 7.81. The zero-order valence-electron chi connectivity index (χ0n) is 16.1. The zero-order chi connectivity index (χ0) is 19.8. The van der Waals surface area contributed by atoms with Gasteiger partial charge in [-0.1, -0.05) is 59.7 Å². The van der Waals surface area contributed by atoms with E-state index in [9.17, 15) is 0 Å². The Morgan fingerprint density at radius 3 is 2.57 bits per heavy atom. The lowest BCUT2D eigenvalue weighted by molar-refractivity contribution is 0.970. The second kappa shape index (κ2) is 7.42. The van der Waals surface area contributed by atoms with Gasteiger partial charge in [-0.3, -0.25) is 0 Å². The number of benzene rings is 3. The van der Waals surface area contributed by atoms with Crippen molar-refractivity contribution < 1.29 is 0 Å². The monoisotopic (exact) mass is 404 g/mol. The zero-order valence-corrected chi connectivity index (χ0v) is 17.7. The van der Waals surface area contributed by atoms with Crippen LogP contribution in [0.2, 0.25) is 5.02 Å². The molecule has 1 aromatic heterocycles. The van der Waals surface area contributed by atoms with Crippen molar-refractivity contribution in [1.82, 2.24) is 4.57 Å². The van der Waals surface area contributed by atoms with Gasteiger partial charge in [-0.25, -0.2) is 0 Å². The summed E-state index contributed by atoms with van der Waals surface area (Å²) in [6, 6.07) is 20.6. The van der Waals surface area contributed by atoms with E-state index >= 15 is 0 Å². The maximum atomic E-state index is 6.63. The predicted molar refractivity (Wildman–Crippen MR) is 124 cm³/mol. The Hall–Kier alpha value is -2.62. The van der Waals surface area contributed by atoms with Gasteiger partial charge in [0.25, 0.3) is 0 Å². The first-order chi connectivity index (χ1) is 13.4. The van der Waals surface area contributed by atoms with Gasteiger partial charge >= 0.3 is 0 Å². The van der Waals surface area contributed by atoms with Crippen LogP contribution < -0.4 is 5.32 Å². The van der Waals surface area contributed by atoms with Gasteiger partial charge in [0.15, 0.2) is 0 Å². The Kier molecular flexibility index (Phi) is 4.96. The summed E-state index contributed by atoms with van der Waals surface area (Å²) in [6.45, 7) is 4.15. The molecule has 140 valence electrons. The standard InChI is InChI=1S/C24H21ClN2S/c1-15-7-8-16(2)20(13-15)24(28)19-10-9-18(14-21(19)25)26-22-6-4-5-17-11-12-27(3)23(17)22/h4-14,26H,1-3H3. The number of hydrogen-bond acceptors (Lipinski definition) is 2. The summed E-state index contributed by atoms with van der Waals surface area (Å²) in [7, 11) is 2.05. The number of nitrogens with one attached hydrogen (secondary N) is 1. The quantitative estimate of drug-likeness (QED) is 0.292. The van der Waals surface area contributed by atoms with Crippen molar-refractivity contribution in [2.45, 2.75) is 13.8 Å². The van der Waals surface area contributed by atoms with E-state index in [0.717, 1.165) is 38.4 Å². The Bertz CT molecular complexity index is 1210. The van der Waals surface area contributed by atoms with Crippen molar-refractivity contribution in [1.29, 1.82) is 0 Å². The first-order valence-corrected chi connectivity index (χ1v) is 9.95. The molecule has 0 unspecified atom stereocenters. The Morgan fingerprint density at radius 1 is 0.964 bits per heavy atom. The molecule has 0 fully saturated rings. The molecule has 3 aromatic carbocycles. The van der Waals surface area contributed by atoms with Crippen LogP contribution in [0.4, 0.5) is 11.4 Å². The van der Waals surface area contributed by atoms with E-state index in [1.807, 2.05) is 25.2 Å². The van der Waals surface area contributed by atoms with Crippen molar-refractivity contribution in [2.24, 2.45) is 7.05 Å². The van der Waals surface area contributed by atoms with E-state index in [0.29, 0.717) is 5.02 Å². The van der Waals surface area contributed by atoms with Gasteiger partial charge in [0.1, 0.15) is 0 Å². The number of rotatable bonds is 4. The van der Waals surface area contributed by atoms with E-state index in [2.05, 4.69) is 72.4 Å². The Labute approximate surface area is 175 Å². The molecule has 0 saturated heterocycles. The molecular weight excluding hydrogens is 384 g/mol. The van der Waals surface area contributed by atoms with E-state index in [1.54, 1.807) is 0 Å². The van der Waals surface area contributed by atoms with Gasteiger partial charge in [0.2, 0.25) is 0 Å². The highest BCUT2D eigenvalue weighted by Crippen LogP contribution is 2.30. The van der Waals surface area contributed by atoms with Crippen LogP contribution in [0.15, 0.2) is 66.9 Å². The lowest BCUT2D eigenvalue weighted by atomic mass is 9.98. The van der Waals surface area contributed by atoms with E-state index in [1.165, 1.54) is 10.9 Å². The third-order valence-electron chi connectivity index (χ3n) is 5.03.